The predicted octanol–water partition coefficient (Wildman–Crippen LogP) is 3.78. The van der Waals surface area contributed by atoms with Crippen LogP contribution in [0.1, 0.15) is 30.4 Å². The Morgan fingerprint density at radius 3 is 2.81 bits per heavy atom. The zero-order valence-electron chi connectivity index (χ0n) is 18.4. The lowest BCUT2D eigenvalue weighted by atomic mass is 9.85. The molecule has 2 heterocycles. The number of anilines is 1. The van der Waals surface area contributed by atoms with Crippen LogP contribution in [0.2, 0.25) is 0 Å². The van der Waals surface area contributed by atoms with Gasteiger partial charge in [-0.05, 0) is 49.4 Å². The van der Waals surface area contributed by atoms with Gasteiger partial charge in [0.2, 0.25) is 5.91 Å². The molecule has 2 aliphatic heterocycles. The molecule has 0 aliphatic carbocycles. The van der Waals surface area contributed by atoms with E-state index >= 15 is 0 Å². The summed E-state index contributed by atoms with van der Waals surface area (Å²) >= 11 is 0. The maximum Gasteiger partial charge on any atom is 0.238 e. The van der Waals surface area contributed by atoms with E-state index in [9.17, 15) is 4.79 Å². The molecule has 2 aromatic rings. The van der Waals surface area contributed by atoms with E-state index in [-0.39, 0.29) is 17.6 Å². The summed E-state index contributed by atoms with van der Waals surface area (Å²) in [5.41, 5.74) is 2.71. The molecule has 0 bridgehead atoms. The number of carbonyl (C=O) groups excluding carboxylic acids is 1. The number of benzene rings is 2. The lowest BCUT2D eigenvalue weighted by Crippen LogP contribution is -2.57. The summed E-state index contributed by atoms with van der Waals surface area (Å²) in [5, 5.41) is 3.01. The number of methoxy groups -OCH3 is 1. The van der Waals surface area contributed by atoms with E-state index < -0.39 is 0 Å². The van der Waals surface area contributed by atoms with Crippen molar-refractivity contribution in [1.82, 2.24) is 4.90 Å². The lowest BCUT2D eigenvalue weighted by Gasteiger charge is -2.44. The third-order valence-electron chi connectivity index (χ3n) is 6.29. The highest BCUT2D eigenvalue weighted by Gasteiger charge is 2.47. The molecule has 1 amide bonds. The number of piperidine rings is 1. The molecule has 0 aromatic heterocycles. The SMILES string of the molecule is COc1ccc(C)cc1NC(=O)CN1CC[C@@]2(CCCO2)[C@@H](OCc2ccccc2)C1. The minimum absolute atomic E-state index is 0.0472. The molecule has 2 saturated heterocycles. The third-order valence-corrected chi connectivity index (χ3v) is 6.29. The number of ether oxygens (including phenoxy) is 3. The van der Waals surface area contributed by atoms with Gasteiger partial charge in [0, 0.05) is 19.7 Å². The molecule has 2 fully saturated rings. The molecule has 0 radical (unpaired) electrons. The summed E-state index contributed by atoms with van der Waals surface area (Å²) in [7, 11) is 1.61. The fraction of sp³-hybridized carbons (Fsp3) is 0.480. The van der Waals surface area contributed by atoms with Crippen molar-refractivity contribution < 1.29 is 19.0 Å². The van der Waals surface area contributed by atoms with Gasteiger partial charge in [-0.1, -0.05) is 36.4 Å². The van der Waals surface area contributed by atoms with E-state index in [4.69, 9.17) is 14.2 Å². The van der Waals surface area contributed by atoms with Crippen molar-refractivity contribution in [2.75, 3.05) is 38.7 Å². The largest absolute Gasteiger partial charge is 0.495 e. The van der Waals surface area contributed by atoms with Gasteiger partial charge in [-0.2, -0.15) is 0 Å². The molecule has 6 nitrogen and oxygen atoms in total. The summed E-state index contributed by atoms with van der Waals surface area (Å²) in [5.74, 6) is 0.619. The van der Waals surface area contributed by atoms with Crippen LogP contribution in [0.3, 0.4) is 0 Å². The topological polar surface area (TPSA) is 60.0 Å². The monoisotopic (exact) mass is 424 g/mol. The van der Waals surface area contributed by atoms with Crippen LogP contribution in [-0.4, -0.2) is 55.9 Å². The predicted molar refractivity (Wildman–Crippen MR) is 120 cm³/mol. The second-order valence-corrected chi connectivity index (χ2v) is 8.54. The van der Waals surface area contributed by atoms with Crippen molar-refractivity contribution in [1.29, 1.82) is 0 Å². The molecule has 166 valence electrons. The van der Waals surface area contributed by atoms with Crippen molar-refractivity contribution in [2.45, 2.75) is 44.5 Å². The minimum Gasteiger partial charge on any atom is -0.495 e. The number of aryl methyl sites for hydroxylation is 1. The van der Waals surface area contributed by atoms with Gasteiger partial charge in [-0.3, -0.25) is 9.69 Å². The molecular weight excluding hydrogens is 392 g/mol. The minimum atomic E-state index is -0.221. The summed E-state index contributed by atoms with van der Waals surface area (Å²) in [6.45, 7) is 5.17. The first-order valence-corrected chi connectivity index (χ1v) is 11.0. The fourth-order valence-electron chi connectivity index (χ4n) is 4.60. The number of likely N-dealkylation sites (tertiary alicyclic amines) is 1. The summed E-state index contributed by atoms with van der Waals surface area (Å²) in [6.07, 6.45) is 2.92. The smallest absolute Gasteiger partial charge is 0.238 e. The summed E-state index contributed by atoms with van der Waals surface area (Å²) in [4.78, 5) is 14.9. The van der Waals surface area contributed by atoms with Gasteiger partial charge in [0.05, 0.1) is 37.7 Å². The zero-order valence-corrected chi connectivity index (χ0v) is 18.4. The van der Waals surface area contributed by atoms with Crippen LogP contribution in [0.5, 0.6) is 5.75 Å². The zero-order chi connectivity index (χ0) is 21.7. The number of nitrogens with one attached hydrogen (secondary N) is 1. The third kappa shape index (κ3) is 5.26. The molecule has 2 aliphatic rings. The highest BCUT2D eigenvalue weighted by Crippen LogP contribution is 2.38. The Morgan fingerprint density at radius 1 is 1.23 bits per heavy atom. The van der Waals surface area contributed by atoms with Gasteiger partial charge < -0.3 is 19.5 Å². The van der Waals surface area contributed by atoms with E-state index in [1.54, 1.807) is 7.11 Å². The van der Waals surface area contributed by atoms with Gasteiger partial charge >= 0.3 is 0 Å². The van der Waals surface area contributed by atoms with Crippen LogP contribution in [0.4, 0.5) is 5.69 Å². The van der Waals surface area contributed by atoms with E-state index in [1.807, 2.05) is 43.3 Å². The second-order valence-electron chi connectivity index (χ2n) is 8.54. The van der Waals surface area contributed by atoms with Crippen LogP contribution in [0, 0.1) is 6.92 Å². The van der Waals surface area contributed by atoms with E-state index in [0.717, 1.165) is 43.5 Å². The van der Waals surface area contributed by atoms with E-state index in [0.29, 0.717) is 31.1 Å². The molecule has 1 N–H and O–H groups in total. The Kier molecular flexibility index (Phi) is 6.90. The van der Waals surface area contributed by atoms with Gasteiger partial charge in [0.1, 0.15) is 5.75 Å². The molecule has 4 rings (SSSR count). The standard InChI is InChI=1S/C25H32N2O4/c1-19-9-10-22(29-2)21(15-19)26-24(28)17-27-13-12-25(11-6-14-31-25)23(16-27)30-18-20-7-4-3-5-8-20/h3-5,7-10,15,23H,6,11-14,16-18H2,1-2H3,(H,26,28)/t23-,25-/m0/s1. The molecule has 31 heavy (non-hydrogen) atoms. The molecule has 1 spiro atoms. The van der Waals surface area contributed by atoms with Crippen molar-refractivity contribution >= 4 is 11.6 Å². The van der Waals surface area contributed by atoms with Crippen molar-refractivity contribution in [2.24, 2.45) is 0 Å². The van der Waals surface area contributed by atoms with Gasteiger partial charge in [0.15, 0.2) is 0 Å². The first kappa shape index (κ1) is 21.8. The molecule has 0 saturated carbocycles. The highest BCUT2D eigenvalue weighted by molar-refractivity contribution is 5.93. The van der Waals surface area contributed by atoms with Crippen LogP contribution in [-0.2, 0) is 20.9 Å². The summed E-state index contributed by atoms with van der Waals surface area (Å²) in [6, 6.07) is 16.0. The van der Waals surface area contributed by atoms with E-state index in [1.165, 1.54) is 0 Å². The molecular formula is C25H32N2O4. The Balaban J connectivity index is 1.39. The van der Waals surface area contributed by atoms with Crippen molar-refractivity contribution in [3.8, 4) is 5.75 Å². The lowest BCUT2D eigenvalue weighted by molar-refractivity contribution is -0.159. The molecule has 6 heteroatoms. The molecule has 2 aromatic carbocycles. The maximum absolute atomic E-state index is 12.8. The quantitative estimate of drug-likeness (QED) is 0.733. The Hall–Kier alpha value is -2.41. The maximum atomic E-state index is 12.8. The van der Waals surface area contributed by atoms with Crippen LogP contribution < -0.4 is 10.1 Å². The number of rotatable bonds is 7. The number of hydrogen-bond donors (Lipinski definition) is 1. The Labute approximate surface area is 184 Å². The average Bonchev–Trinajstić information content (AvgIpc) is 3.24. The number of amides is 1. The molecule has 2 atom stereocenters. The van der Waals surface area contributed by atoms with Crippen LogP contribution in [0.25, 0.3) is 0 Å². The van der Waals surface area contributed by atoms with Crippen LogP contribution >= 0.6 is 0 Å². The number of hydrogen-bond acceptors (Lipinski definition) is 5. The number of nitrogens with zero attached hydrogens (tertiary/aromatic N) is 1. The second kappa shape index (κ2) is 9.81. The van der Waals surface area contributed by atoms with Crippen molar-refractivity contribution in [3.63, 3.8) is 0 Å². The van der Waals surface area contributed by atoms with E-state index in [2.05, 4.69) is 22.3 Å². The van der Waals surface area contributed by atoms with Crippen LogP contribution in [0.15, 0.2) is 48.5 Å². The fourth-order valence-corrected chi connectivity index (χ4v) is 4.60. The highest BCUT2D eigenvalue weighted by atomic mass is 16.6. The first-order chi connectivity index (χ1) is 15.1. The Bertz CT molecular complexity index is 880. The molecule has 0 unspecified atom stereocenters. The van der Waals surface area contributed by atoms with Gasteiger partial charge in [-0.15, -0.1) is 0 Å². The Morgan fingerprint density at radius 2 is 2.06 bits per heavy atom. The first-order valence-electron chi connectivity index (χ1n) is 11.0. The number of carbonyl (C=O) groups is 1. The van der Waals surface area contributed by atoms with Gasteiger partial charge in [-0.25, -0.2) is 0 Å². The summed E-state index contributed by atoms with van der Waals surface area (Å²) < 4.78 is 18.0. The van der Waals surface area contributed by atoms with Crippen molar-refractivity contribution in [3.05, 3.63) is 59.7 Å². The van der Waals surface area contributed by atoms with Gasteiger partial charge in [0.25, 0.3) is 0 Å². The average molecular weight is 425 g/mol. The normalized spacial score (nSPS) is 23.7.